The minimum Gasteiger partial charge on any atom is -0.367 e. The largest absolute Gasteiger partial charge is 0.367 e. The van der Waals surface area contributed by atoms with E-state index in [1.54, 1.807) is 18.5 Å². The van der Waals surface area contributed by atoms with Gasteiger partial charge in [0.2, 0.25) is 0 Å². The van der Waals surface area contributed by atoms with Gasteiger partial charge >= 0.3 is 0 Å². The first kappa shape index (κ1) is 23.3. The Bertz CT molecular complexity index is 1050. The summed E-state index contributed by atoms with van der Waals surface area (Å²) in [6.45, 7) is 4.98. The third-order valence-corrected chi connectivity index (χ3v) is 8.09. The number of rotatable bonds is 8. The lowest BCUT2D eigenvalue weighted by atomic mass is 9.78. The summed E-state index contributed by atoms with van der Waals surface area (Å²) in [7, 11) is 0. The van der Waals surface area contributed by atoms with Crippen molar-refractivity contribution in [3.05, 3.63) is 60.2 Å². The van der Waals surface area contributed by atoms with Gasteiger partial charge in [-0.3, -0.25) is 4.90 Å². The predicted molar refractivity (Wildman–Crippen MR) is 138 cm³/mol. The van der Waals surface area contributed by atoms with Crippen molar-refractivity contribution in [2.75, 3.05) is 37.6 Å². The Balaban J connectivity index is 1.20. The Labute approximate surface area is 202 Å². The average Bonchev–Trinajstić information content (AvgIpc) is 3.37. The molecule has 1 aliphatic heterocycles. The highest BCUT2D eigenvalue weighted by Gasteiger charge is 2.27. The summed E-state index contributed by atoms with van der Waals surface area (Å²) in [5, 5.41) is 0. The molecule has 2 atom stereocenters. The Morgan fingerprint density at radius 1 is 1.00 bits per heavy atom. The number of para-hydroxylation sites is 1. The van der Waals surface area contributed by atoms with Crippen LogP contribution in [0.3, 0.4) is 0 Å². The summed E-state index contributed by atoms with van der Waals surface area (Å²) in [4.78, 5) is 12.7. The Kier molecular flexibility index (Phi) is 7.45. The van der Waals surface area contributed by atoms with Crippen LogP contribution < -0.4 is 10.6 Å². The van der Waals surface area contributed by atoms with Crippen LogP contribution in [0.4, 0.5) is 10.1 Å². The van der Waals surface area contributed by atoms with Gasteiger partial charge in [-0.2, -0.15) is 0 Å². The molecule has 3 N–H and O–H groups in total. The van der Waals surface area contributed by atoms with Crippen molar-refractivity contribution in [1.82, 2.24) is 14.9 Å². The summed E-state index contributed by atoms with van der Waals surface area (Å²) in [5.41, 5.74) is 10.9. The fraction of sp³-hybridized carbons (Fsp3) is 0.536. The van der Waals surface area contributed by atoms with Gasteiger partial charge in [0.1, 0.15) is 11.3 Å². The van der Waals surface area contributed by atoms with E-state index in [0.717, 1.165) is 62.2 Å². The molecule has 6 heteroatoms. The van der Waals surface area contributed by atoms with Crippen molar-refractivity contribution < 1.29 is 4.39 Å². The zero-order valence-corrected chi connectivity index (χ0v) is 20.1. The minimum atomic E-state index is -0.0831. The molecule has 1 aliphatic carbocycles. The van der Waals surface area contributed by atoms with Crippen molar-refractivity contribution in [2.24, 2.45) is 11.7 Å². The van der Waals surface area contributed by atoms with Gasteiger partial charge in [-0.05, 0) is 67.8 Å². The molecule has 1 saturated carbocycles. The first-order valence-corrected chi connectivity index (χ1v) is 13.1. The second-order valence-corrected chi connectivity index (χ2v) is 10.2. The summed E-state index contributed by atoms with van der Waals surface area (Å²) in [6, 6.07) is 13.8. The Morgan fingerprint density at radius 3 is 2.59 bits per heavy atom. The van der Waals surface area contributed by atoms with Crippen LogP contribution in [0.25, 0.3) is 11.0 Å². The zero-order valence-electron chi connectivity index (χ0n) is 20.1. The Morgan fingerprint density at radius 2 is 1.79 bits per heavy atom. The van der Waals surface area contributed by atoms with Crippen LogP contribution in [0.5, 0.6) is 0 Å². The molecule has 0 spiro atoms. The van der Waals surface area contributed by atoms with Crippen LogP contribution in [0.15, 0.2) is 48.8 Å². The lowest BCUT2D eigenvalue weighted by Crippen LogP contribution is -2.47. The standard InChI is InChI=1S/C28H38FN5/c29-24-10-5-4-9-23(24)22(19-25(30)21-7-2-1-3-8-21)13-14-33-15-17-34(18-16-33)27-12-6-11-26-28(27)32-20-31-26/h4-6,9-12,20-22,25H,1-3,7-8,13-19,30H2,(H,31,32). The van der Waals surface area contributed by atoms with Gasteiger partial charge in [0.05, 0.1) is 17.5 Å². The molecule has 0 bridgehead atoms. The van der Waals surface area contributed by atoms with Crippen molar-refractivity contribution in [3.63, 3.8) is 0 Å². The summed E-state index contributed by atoms with van der Waals surface area (Å²) >= 11 is 0. The molecule has 2 aromatic carbocycles. The number of halogens is 1. The minimum absolute atomic E-state index is 0.0831. The topological polar surface area (TPSA) is 61.2 Å². The predicted octanol–water partition coefficient (Wildman–Crippen LogP) is 5.30. The summed E-state index contributed by atoms with van der Waals surface area (Å²) in [6.07, 6.45) is 9.98. The molecular formula is C28H38FN5. The van der Waals surface area contributed by atoms with E-state index < -0.39 is 0 Å². The number of aromatic amines is 1. The smallest absolute Gasteiger partial charge is 0.126 e. The number of imidazole rings is 1. The molecular weight excluding hydrogens is 425 g/mol. The average molecular weight is 464 g/mol. The maximum Gasteiger partial charge on any atom is 0.126 e. The van der Waals surface area contributed by atoms with E-state index in [4.69, 9.17) is 5.73 Å². The first-order valence-electron chi connectivity index (χ1n) is 13.1. The normalized spacial score (nSPS) is 20.0. The van der Waals surface area contributed by atoms with Crippen molar-refractivity contribution >= 4 is 16.7 Å². The maximum atomic E-state index is 14.8. The molecule has 34 heavy (non-hydrogen) atoms. The van der Waals surface area contributed by atoms with Gasteiger partial charge in [0.15, 0.2) is 0 Å². The number of fused-ring (bicyclic) bond motifs is 1. The van der Waals surface area contributed by atoms with Gasteiger partial charge < -0.3 is 15.6 Å². The lowest BCUT2D eigenvalue weighted by molar-refractivity contribution is 0.235. The molecule has 3 aromatic rings. The van der Waals surface area contributed by atoms with Crippen molar-refractivity contribution in [2.45, 2.75) is 56.9 Å². The number of nitrogens with one attached hydrogen (secondary N) is 1. The number of anilines is 1. The van der Waals surface area contributed by atoms with Gasteiger partial charge in [0.25, 0.3) is 0 Å². The van der Waals surface area contributed by atoms with Crippen LogP contribution in [0, 0.1) is 11.7 Å². The fourth-order valence-electron chi connectivity index (χ4n) is 6.05. The third-order valence-electron chi connectivity index (χ3n) is 8.09. The molecule has 2 fully saturated rings. The highest BCUT2D eigenvalue weighted by Crippen LogP contribution is 2.33. The summed E-state index contributed by atoms with van der Waals surface area (Å²) < 4.78 is 14.8. The quantitative estimate of drug-likeness (QED) is 0.476. The number of nitrogens with zero attached hydrogens (tertiary/aromatic N) is 3. The second kappa shape index (κ2) is 10.9. The second-order valence-electron chi connectivity index (χ2n) is 10.2. The van der Waals surface area contributed by atoms with E-state index in [1.807, 2.05) is 12.1 Å². The first-order chi connectivity index (χ1) is 16.7. The summed E-state index contributed by atoms with van der Waals surface area (Å²) in [5.74, 6) is 0.686. The highest BCUT2D eigenvalue weighted by atomic mass is 19.1. The number of H-pyrrole nitrogens is 1. The van der Waals surface area contributed by atoms with Crippen LogP contribution in [0.1, 0.15) is 56.4 Å². The van der Waals surface area contributed by atoms with E-state index in [0.29, 0.717) is 5.92 Å². The van der Waals surface area contributed by atoms with Crippen LogP contribution in [-0.4, -0.2) is 53.6 Å². The molecule has 1 aromatic heterocycles. The van der Waals surface area contributed by atoms with Crippen molar-refractivity contribution in [1.29, 1.82) is 0 Å². The molecule has 5 rings (SSSR count). The number of nitrogens with two attached hydrogens (primary N) is 1. The van der Waals surface area contributed by atoms with E-state index in [-0.39, 0.29) is 17.8 Å². The van der Waals surface area contributed by atoms with Crippen LogP contribution >= 0.6 is 0 Å². The van der Waals surface area contributed by atoms with Gasteiger partial charge in [0, 0.05) is 32.2 Å². The van der Waals surface area contributed by atoms with E-state index in [9.17, 15) is 4.39 Å². The van der Waals surface area contributed by atoms with Crippen LogP contribution in [0.2, 0.25) is 0 Å². The number of hydrogen-bond acceptors (Lipinski definition) is 4. The molecule has 2 heterocycles. The van der Waals surface area contributed by atoms with E-state index in [2.05, 4.69) is 38.0 Å². The van der Waals surface area contributed by atoms with Crippen molar-refractivity contribution in [3.8, 4) is 0 Å². The molecule has 0 amide bonds. The van der Waals surface area contributed by atoms with E-state index in [1.165, 1.54) is 37.8 Å². The van der Waals surface area contributed by atoms with Crippen LogP contribution in [-0.2, 0) is 0 Å². The van der Waals surface area contributed by atoms with Gasteiger partial charge in [-0.15, -0.1) is 0 Å². The molecule has 182 valence electrons. The SMILES string of the molecule is NC(CC(CCN1CCN(c2cccc3[nH]cnc23)CC1)c1ccccc1F)C1CCCCC1. The lowest BCUT2D eigenvalue weighted by Gasteiger charge is -2.37. The van der Waals surface area contributed by atoms with Gasteiger partial charge in [-0.25, -0.2) is 9.37 Å². The Hall–Kier alpha value is -2.44. The number of hydrogen-bond donors (Lipinski definition) is 2. The highest BCUT2D eigenvalue weighted by molar-refractivity contribution is 5.88. The third kappa shape index (κ3) is 5.28. The number of benzene rings is 2. The molecule has 0 radical (unpaired) electrons. The van der Waals surface area contributed by atoms with E-state index >= 15 is 0 Å². The number of piperazine rings is 1. The molecule has 2 aliphatic rings. The van der Waals surface area contributed by atoms with Gasteiger partial charge in [-0.1, -0.05) is 43.5 Å². The monoisotopic (exact) mass is 463 g/mol. The maximum absolute atomic E-state index is 14.8. The molecule has 1 saturated heterocycles. The fourth-order valence-corrected chi connectivity index (χ4v) is 6.05. The molecule has 5 nitrogen and oxygen atoms in total. The molecule has 2 unspecified atom stereocenters. The number of aromatic nitrogens is 2. The zero-order chi connectivity index (χ0) is 23.3.